The quantitative estimate of drug-likeness (QED) is 0.815. The van der Waals surface area contributed by atoms with Crippen LogP contribution >= 0.6 is 0 Å². The third kappa shape index (κ3) is 4.13. The zero-order valence-electron chi connectivity index (χ0n) is 11.5. The molecule has 0 saturated heterocycles. The van der Waals surface area contributed by atoms with Crippen molar-refractivity contribution in [1.29, 1.82) is 0 Å². The average molecular weight is 250 g/mol. The molecule has 3 nitrogen and oxygen atoms in total. The first-order valence-electron chi connectivity index (χ1n) is 7.47. The zero-order chi connectivity index (χ0) is 12.8. The lowest BCUT2D eigenvalue weighted by Crippen LogP contribution is -2.16. The summed E-state index contributed by atoms with van der Waals surface area (Å²) in [5, 5.41) is 14.4. The van der Waals surface area contributed by atoms with Gasteiger partial charge in [0.15, 0.2) is 0 Å². The number of aliphatic hydroxyl groups is 1. The minimum Gasteiger partial charge on any atom is -0.393 e. The van der Waals surface area contributed by atoms with Gasteiger partial charge >= 0.3 is 0 Å². The summed E-state index contributed by atoms with van der Waals surface area (Å²) in [5.41, 5.74) is 1.16. The summed E-state index contributed by atoms with van der Waals surface area (Å²) in [6.07, 6.45) is 13.6. The molecule has 1 heterocycles. The first-order chi connectivity index (χ1) is 8.78. The Hall–Kier alpha value is -0.830. The van der Waals surface area contributed by atoms with Crippen LogP contribution in [-0.2, 0) is 13.0 Å². The molecule has 3 heteroatoms. The van der Waals surface area contributed by atoms with E-state index in [1.165, 1.54) is 38.5 Å². The SMILES string of the molecule is CCn1cc(CC(O)CC2CCCCCC2)cn1. The monoisotopic (exact) mass is 250 g/mol. The van der Waals surface area contributed by atoms with Gasteiger partial charge in [-0.2, -0.15) is 5.10 Å². The third-order valence-electron chi connectivity index (χ3n) is 4.06. The number of aryl methyl sites for hydroxylation is 1. The molecule has 1 saturated carbocycles. The molecule has 1 aromatic rings. The Morgan fingerprint density at radius 3 is 2.67 bits per heavy atom. The van der Waals surface area contributed by atoms with Crippen molar-refractivity contribution in [2.24, 2.45) is 5.92 Å². The Morgan fingerprint density at radius 2 is 2.06 bits per heavy atom. The lowest BCUT2D eigenvalue weighted by atomic mass is 9.92. The molecule has 1 fully saturated rings. The number of hydrogen-bond acceptors (Lipinski definition) is 2. The van der Waals surface area contributed by atoms with Crippen LogP contribution in [0, 0.1) is 5.92 Å². The summed E-state index contributed by atoms with van der Waals surface area (Å²) in [7, 11) is 0. The molecule has 0 bridgehead atoms. The smallest absolute Gasteiger partial charge is 0.0584 e. The number of nitrogens with zero attached hydrogens (tertiary/aromatic N) is 2. The first kappa shape index (κ1) is 13.6. The van der Waals surface area contributed by atoms with Gasteiger partial charge in [0.25, 0.3) is 0 Å². The number of aliphatic hydroxyl groups excluding tert-OH is 1. The summed E-state index contributed by atoms with van der Waals surface area (Å²) >= 11 is 0. The van der Waals surface area contributed by atoms with Gasteiger partial charge < -0.3 is 5.11 Å². The molecule has 18 heavy (non-hydrogen) atoms. The van der Waals surface area contributed by atoms with E-state index in [2.05, 4.69) is 18.2 Å². The first-order valence-corrected chi connectivity index (χ1v) is 7.47. The highest BCUT2D eigenvalue weighted by Crippen LogP contribution is 2.27. The maximum atomic E-state index is 10.2. The van der Waals surface area contributed by atoms with Crippen LogP contribution in [0.2, 0.25) is 0 Å². The van der Waals surface area contributed by atoms with E-state index in [-0.39, 0.29) is 6.10 Å². The lowest BCUT2D eigenvalue weighted by Gasteiger charge is -2.17. The van der Waals surface area contributed by atoms with Crippen LogP contribution in [-0.4, -0.2) is 21.0 Å². The van der Waals surface area contributed by atoms with E-state index in [4.69, 9.17) is 0 Å². The van der Waals surface area contributed by atoms with Crippen LogP contribution in [0.1, 0.15) is 57.4 Å². The summed E-state index contributed by atoms with van der Waals surface area (Å²) in [6.45, 7) is 2.98. The molecule has 102 valence electrons. The van der Waals surface area contributed by atoms with Gasteiger partial charge in [-0.25, -0.2) is 0 Å². The van der Waals surface area contributed by atoms with Crippen LogP contribution in [0.4, 0.5) is 0 Å². The number of hydrogen-bond donors (Lipinski definition) is 1. The zero-order valence-corrected chi connectivity index (χ0v) is 11.5. The normalized spacial score (nSPS) is 19.7. The minimum absolute atomic E-state index is 0.192. The fourth-order valence-corrected chi connectivity index (χ4v) is 3.02. The van der Waals surface area contributed by atoms with Crippen LogP contribution < -0.4 is 0 Å². The fraction of sp³-hybridized carbons (Fsp3) is 0.800. The van der Waals surface area contributed by atoms with Crippen molar-refractivity contribution < 1.29 is 5.11 Å². The van der Waals surface area contributed by atoms with Gasteiger partial charge in [-0.05, 0) is 24.8 Å². The Bertz CT molecular complexity index is 340. The molecule has 1 aromatic heterocycles. The average Bonchev–Trinajstić information content (AvgIpc) is 2.65. The number of rotatable bonds is 5. The van der Waals surface area contributed by atoms with Crippen LogP contribution in [0.25, 0.3) is 0 Å². The second-order valence-corrected chi connectivity index (χ2v) is 5.66. The molecule has 0 radical (unpaired) electrons. The summed E-state index contributed by atoms with van der Waals surface area (Å²) in [6, 6.07) is 0. The summed E-state index contributed by atoms with van der Waals surface area (Å²) in [4.78, 5) is 0. The summed E-state index contributed by atoms with van der Waals surface area (Å²) in [5.74, 6) is 0.740. The highest BCUT2D eigenvalue weighted by molar-refractivity contribution is 5.05. The van der Waals surface area contributed by atoms with Crippen molar-refractivity contribution in [3.05, 3.63) is 18.0 Å². The van der Waals surface area contributed by atoms with E-state index in [1.54, 1.807) is 0 Å². The van der Waals surface area contributed by atoms with Crippen LogP contribution in [0.15, 0.2) is 12.4 Å². The molecule has 0 aliphatic heterocycles. The Kier molecular flexibility index (Phi) is 5.24. The van der Waals surface area contributed by atoms with Crippen molar-refractivity contribution >= 4 is 0 Å². The maximum absolute atomic E-state index is 10.2. The van der Waals surface area contributed by atoms with Crippen molar-refractivity contribution in [2.45, 2.75) is 70.9 Å². The van der Waals surface area contributed by atoms with Gasteiger partial charge in [0.2, 0.25) is 0 Å². The Morgan fingerprint density at radius 1 is 1.33 bits per heavy atom. The second-order valence-electron chi connectivity index (χ2n) is 5.66. The van der Waals surface area contributed by atoms with Crippen LogP contribution in [0.3, 0.4) is 0 Å². The number of aromatic nitrogens is 2. The van der Waals surface area contributed by atoms with E-state index in [0.29, 0.717) is 0 Å². The second kappa shape index (κ2) is 6.93. The predicted molar refractivity (Wildman–Crippen MR) is 73.4 cm³/mol. The van der Waals surface area contributed by atoms with Crippen molar-refractivity contribution in [1.82, 2.24) is 9.78 Å². The van der Waals surface area contributed by atoms with Gasteiger partial charge in [-0.3, -0.25) is 4.68 Å². The topological polar surface area (TPSA) is 38.0 Å². The predicted octanol–water partition coefficient (Wildman–Crippen LogP) is 3.17. The molecular formula is C15H26N2O. The van der Waals surface area contributed by atoms with E-state index in [1.807, 2.05) is 10.9 Å². The lowest BCUT2D eigenvalue weighted by molar-refractivity contribution is 0.137. The standard InChI is InChI=1S/C15H26N2O/c1-2-17-12-14(11-16-17)10-15(18)9-13-7-5-3-4-6-8-13/h11-13,15,18H,2-10H2,1H3. The Balaban J connectivity index is 1.78. The third-order valence-corrected chi connectivity index (χ3v) is 4.06. The molecule has 1 atom stereocenters. The fourth-order valence-electron chi connectivity index (χ4n) is 3.02. The molecule has 1 aliphatic rings. The van der Waals surface area contributed by atoms with Gasteiger partial charge in [0, 0.05) is 19.2 Å². The molecule has 1 N–H and O–H groups in total. The van der Waals surface area contributed by atoms with Crippen LogP contribution in [0.5, 0.6) is 0 Å². The van der Waals surface area contributed by atoms with Crippen molar-refractivity contribution in [2.75, 3.05) is 0 Å². The largest absolute Gasteiger partial charge is 0.393 e. The summed E-state index contributed by atoms with van der Waals surface area (Å²) < 4.78 is 1.92. The molecule has 0 aromatic carbocycles. The van der Waals surface area contributed by atoms with E-state index in [0.717, 1.165) is 30.9 Å². The molecular weight excluding hydrogens is 224 g/mol. The molecule has 0 spiro atoms. The molecule has 1 unspecified atom stereocenters. The molecule has 2 rings (SSSR count). The van der Waals surface area contributed by atoms with Gasteiger partial charge in [0.05, 0.1) is 12.3 Å². The highest BCUT2D eigenvalue weighted by Gasteiger charge is 2.17. The van der Waals surface area contributed by atoms with E-state index in [9.17, 15) is 5.11 Å². The minimum atomic E-state index is -0.192. The van der Waals surface area contributed by atoms with Crippen molar-refractivity contribution in [3.8, 4) is 0 Å². The highest BCUT2D eigenvalue weighted by atomic mass is 16.3. The van der Waals surface area contributed by atoms with Gasteiger partial charge in [-0.1, -0.05) is 38.5 Å². The van der Waals surface area contributed by atoms with Gasteiger partial charge in [-0.15, -0.1) is 0 Å². The maximum Gasteiger partial charge on any atom is 0.0584 e. The van der Waals surface area contributed by atoms with Crippen molar-refractivity contribution in [3.63, 3.8) is 0 Å². The van der Waals surface area contributed by atoms with Gasteiger partial charge in [0.1, 0.15) is 0 Å². The van der Waals surface area contributed by atoms with E-state index >= 15 is 0 Å². The van der Waals surface area contributed by atoms with E-state index < -0.39 is 0 Å². The molecule has 0 amide bonds. The molecule has 1 aliphatic carbocycles. The Labute approximate surface area is 110 Å².